The molecule has 0 spiro atoms. The molecular formula is C18H31N5O. The Kier molecular flexibility index (Phi) is 5.56. The van der Waals surface area contributed by atoms with E-state index in [4.69, 9.17) is 0 Å². The Hall–Kier alpha value is -1.40. The third kappa shape index (κ3) is 3.49. The normalized spacial score (nSPS) is 23.8. The van der Waals surface area contributed by atoms with E-state index in [1.165, 1.54) is 6.42 Å². The second kappa shape index (κ2) is 7.66. The van der Waals surface area contributed by atoms with Crippen molar-refractivity contribution in [1.82, 2.24) is 24.9 Å². The highest BCUT2D eigenvalue weighted by Crippen LogP contribution is 2.31. The highest BCUT2D eigenvalue weighted by atomic mass is 16.2. The lowest BCUT2D eigenvalue weighted by Gasteiger charge is -2.39. The van der Waals surface area contributed by atoms with Crippen LogP contribution in [0.1, 0.15) is 32.6 Å². The molecule has 1 aromatic heterocycles. The molecule has 3 heterocycles. The summed E-state index contributed by atoms with van der Waals surface area (Å²) in [6.45, 7) is 7.97. The van der Waals surface area contributed by atoms with Crippen molar-refractivity contribution in [3.63, 3.8) is 0 Å². The highest BCUT2D eigenvalue weighted by Gasteiger charge is 2.45. The minimum atomic E-state index is -0.487. The number of aromatic nitrogens is 2. The highest BCUT2D eigenvalue weighted by molar-refractivity contribution is 5.85. The van der Waals surface area contributed by atoms with E-state index in [9.17, 15) is 4.79 Å². The SMILES string of the molecule is CCCN(C)CC1CCN(C(=O)C2(n3cccn3)CCNCC2)C1. The molecule has 1 unspecified atom stereocenters. The first-order valence-corrected chi connectivity index (χ1v) is 9.34. The quantitative estimate of drug-likeness (QED) is 0.849. The summed E-state index contributed by atoms with van der Waals surface area (Å²) >= 11 is 0. The number of likely N-dealkylation sites (tertiary alicyclic amines) is 1. The Morgan fingerprint density at radius 3 is 2.88 bits per heavy atom. The lowest BCUT2D eigenvalue weighted by molar-refractivity contribution is -0.142. The van der Waals surface area contributed by atoms with E-state index in [0.29, 0.717) is 5.92 Å². The molecule has 6 heteroatoms. The van der Waals surface area contributed by atoms with Gasteiger partial charge in [-0.1, -0.05) is 6.92 Å². The van der Waals surface area contributed by atoms with E-state index in [1.54, 1.807) is 6.20 Å². The van der Waals surface area contributed by atoms with Crippen LogP contribution in [-0.4, -0.2) is 71.8 Å². The second-order valence-electron chi connectivity index (χ2n) is 7.40. The van der Waals surface area contributed by atoms with Crippen molar-refractivity contribution < 1.29 is 4.79 Å². The van der Waals surface area contributed by atoms with Crippen molar-refractivity contribution in [2.24, 2.45) is 5.92 Å². The minimum Gasteiger partial charge on any atom is -0.340 e. The maximum atomic E-state index is 13.4. The van der Waals surface area contributed by atoms with Gasteiger partial charge in [0.25, 0.3) is 5.91 Å². The summed E-state index contributed by atoms with van der Waals surface area (Å²) in [7, 11) is 2.19. The first-order valence-electron chi connectivity index (χ1n) is 9.34. The van der Waals surface area contributed by atoms with E-state index in [1.807, 2.05) is 16.9 Å². The van der Waals surface area contributed by atoms with Crippen LogP contribution >= 0.6 is 0 Å². The fraction of sp³-hybridized carbons (Fsp3) is 0.778. The molecule has 2 saturated heterocycles. The number of carbonyl (C=O) groups excluding carboxylic acids is 1. The zero-order valence-electron chi connectivity index (χ0n) is 15.1. The zero-order valence-corrected chi connectivity index (χ0v) is 15.1. The number of rotatable bonds is 6. The van der Waals surface area contributed by atoms with Crippen LogP contribution in [0.2, 0.25) is 0 Å². The summed E-state index contributed by atoms with van der Waals surface area (Å²) in [5, 5.41) is 7.81. The molecule has 0 aromatic carbocycles. The van der Waals surface area contributed by atoms with Gasteiger partial charge in [0, 0.05) is 32.0 Å². The van der Waals surface area contributed by atoms with Gasteiger partial charge in [0.1, 0.15) is 5.54 Å². The van der Waals surface area contributed by atoms with Gasteiger partial charge < -0.3 is 15.1 Å². The number of carbonyl (C=O) groups is 1. The van der Waals surface area contributed by atoms with Crippen molar-refractivity contribution in [3.8, 4) is 0 Å². The number of hydrogen-bond acceptors (Lipinski definition) is 4. The molecule has 0 bridgehead atoms. The van der Waals surface area contributed by atoms with Crippen LogP contribution in [0.15, 0.2) is 18.5 Å². The molecule has 1 N–H and O–H groups in total. The van der Waals surface area contributed by atoms with E-state index in [-0.39, 0.29) is 5.91 Å². The molecule has 0 saturated carbocycles. The minimum absolute atomic E-state index is 0.272. The van der Waals surface area contributed by atoms with Gasteiger partial charge in [-0.2, -0.15) is 5.10 Å². The Balaban J connectivity index is 1.68. The van der Waals surface area contributed by atoms with Gasteiger partial charge in [-0.25, -0.2) is 0 Å². The summed E-state index contributed by atoms with van der Waals surface area (Å²) in [6, 6.07) is 1.92. The van der Waals surface area contributed by atoms with Gasteiger partial charge in [-0.3, -0.25) is 9.48 Å². The molecule has 2 aliphatic rings. The van der Waals surface area contributed by atoms with Gasteiger partial charge in [-0.15, -0.1) is 0 Å². The lowest BCUT2D eigenvalue weighted by atomic mass is 9.87. The fourth-order valence-corrected chi connectivity index (χ4v) is 4.28. The third-order valence-corrected chi connectivity index (χ3v) is 5.52. The summed E-state index contributed by atoms with van der Waals surface area (Å²) in [4.78, 5) is 17.9. The molecule has 24 heavy (non-hydrogen) atoms. The van der Waals surface area contributed by atoms with Crippen molar-refractivity contribution >= 4 is 5.91 Å². The molecule has 1 amide bonds. The van der Waals surface area contributed by atoms with Crippen LogP contribution < -0.4 is 5.32 Å². The molecule has 2 fully saturated rings. The molecule has 0 radical (unpaired) electrons. The zero-order chi connectivity index (χ0) is 17.0. The van der Waals surface area contributed by atoms with Gasteiger partial charge in [-0.05, 0) is 64.3 Å². The molecule has 0 aliphatic carbocycles. The number of nitrogens with one attached hydrogen (secondary N) is 1. The van der Waals surface area contributed by atoms with Crippen LogP contribution in [-0.2, 0) is 10.3 Å². The molecule has 6 nitrogen and oxygen atoms in total. The molecule has 1 aromatic rings. The standard InChI is InChI=1S/C18H31N5O/c1-3-11-21(2)14-16-5-13-22(15-16)17(24)18(6-9-19-10-7-18)23-12-4-8-20-23/h4,8,12,16,19H,3,5-7,9-11,13-15H2,1-2H3. The lowest BCUT2D eigenvalue weighted by Crippen LogP contribution is -2.55. The average Bonchev–Trinajstić information content (AvgIpc) is 3.27. The van der Waals surface area contributed by atoms with Crippen molar-refractivity contribution in [3.05, 3.63) is 18.5 Å². The fourth-order valence-electron chi connectivity index (χ4n) is 4.28. The Labute approximate surface area is 145 Å². The molecule has 1 atom stereocenters. The first kappa shape index (κ1) is 17.4. The topological polar surface area (TPSA) is 53.4 Å². The second-order valence-corrected chi connectivity index (χ2v) is 7.40. The van der Waals surface area contributed by atoms with Crippen molar-refractivity contribution in [2.45, 2.75) is 38.1 Å². The predicted octanol–water partition coefficient (Wildman–Crippen LogP) is 1.15. The smallest absolute Gasteiger partial charge is 0.250 e. The third-order valence-electron chi connectivity index (χ3n) is 5.52. The summed E-state index contributed by atoms with van der Waals surface area (Å²) in [5.41, 5.74) is -0.487. The number of piperidine rings is 1. The number of amides is 1. The summed E-state index contributed by atoms with van der Waals surface area (Å²) in [5.74, 6) is 0.871. The monoisotopic (exact) mass is 333 g/mol. The first-order chi connectivity index (χ1) is 11.7. The van der Waals surface area contributed by atoms with E-state index >= 15 is 0 Å². The van der Waals surface area contributed by atoms with Gasteiger partial charge in [0.2, 0.25) is 0 Å². The largest absolute Gasteiger partial charge is 0.340 e. The van der Waals surface area contributed by atoms with Crippen LogP contribution in [0.5, 0.6) is 0 Å². The van der Waals surface area contributed by atoms with Crippen molar-refractivity contribution in [1.29, 1.82) is 0 Å². The molecule has 2 aliphatic heterocycles. The molecular weight excluding hydrogens is 302 g/mol. The Morgan fingerprint density at radius 2 is 2.21 bits per heavy atom. The maximum absolute atomic E-state index is 13.4. The Morgan fingerprint density at radius 1 is 1.42 bits per heavy atom. The van der Waals surface area contributed by atoms with Gasteiger partial charge in [0.15, 0.2) is 0 Å². The average molecular weight is 333 g/mol. The van der Waals surface area contributed by atoms with Crippen LogP contribution in [0.3, 0.4) is 0 Å². The van der Waals surface area contributed by atoms with E-state index in [2.05, 4.69) is 34.2 Å². The molecule has 3 rings (SSSR count). The van der Waals surface area contributed by atoms with Gasteiger partial charge in [0.05, 0.1) is 0 Å². The van der Waals surface area contributed by atoms with Crippen LogP contribution in [0.4, 0.5) is 0 Å². The molecule has 134 valence electrons. The Bertz CT molecular complexity index is 524. The van der Waals surface area contributed by atoms with Crippen LogP contribution in [0.25, 0.3) is 0 Å². The summed E-state index contributed by atoms with van der Waals surface area (Å²) < 4.78 is 1.91. The number of nitrogens with zero attached hydrogens (tertiary/aromatic N) is 4. The van der Waals surface area contributed by atoms with Crippen molar-refractivity contribution in [2.75, 3.05) is 46.3 Å². The van der Waals surface area contributed by atoms with E-state index in [0.717, 1.165) is 58.5 Å². The summed E-state index contributed by atoms with van der Waals surface area (Å²) in [6.07, 6.45) is 7.68. The maximum Gasteiger partial charge on any atom is 0.250 e. The van der Waals surface area contributed by atoms with E-state index < -0.39 is 5.54 Å². The van der Waals surface area contributed by atoms with Gasteiger partial charge >= 0.3 is 0 Å². The van der Waals surface area contributed by atoms with Crippen LogP contribution in [0, 0.1) is 5.92 Å². The number of hydrogen-bond donors (Lipinski definition) is 1. The predicted molar refractivity (Wildman–Crippen MR) is 94.8 cm³/mol.